The molecule has 0 aliphatic carbocycles. The van der Waals surface area contributed by atoms with Gasteiger partial charge in [-0.25, -0.2) is 14.2 Å². The van der Waals surface area contributed by atoms with E-state index in [9.17, 15) is 23.9 Å². The van der Waals surface area contributed by atoms with Crippen LogP contribution in [0.5, 0.6) is 0 Å². The van der Waals surface area contributed by atoms with Gasteiger partial charge in [-0.15, -0.1) is 0 Å². The van der Waals surface area contributed by atoms with Crippen molar-refractivity contribution in [2.45, 2.75) is 70.6 Å². The number of furan rings is 1. The van der Waals surface area contributed by atoms with Crippen LogP contribution in [-0.2, 0) is 19.7 Å². The van der Waals surface area contributed by atoms with Crippen molar-refractivity contribution in [1.82, 2.24) is 14.8 Å². The maximum atomic E-state index is 14.2. The summed E-state index contributed by atoms with van der Waals surface area (Å²) in [4.78, 5) is 46.1. The highest BCUT2D eigenvalue weighted by atomic mass is 35.5. The van der Waals surface area contributed by atoms with Crippen molar-refractivity contribution in [1.29, 1.82) is 0 Å². The molecule has 1 N–H and O–H groups in total. The molecule has 0 saturated carbocycles. The van der Waals surface area contributed by atoms with Crippen LogP contribution in [0.4, 0.5) is 4.39 Å². The number of ether oxygens (including phenoxy) is 1. The van der Waals surface area contributed by atoms with Crippen LogP contribution in [0.3, 0.4) is 0 Å². The van der Waals surface area contributed by atoms with Crippen molar-refractivity contribution in [3.05, 3.63) is 52.5 Å². The minimum atomic E-state index is -1.07. The highest BCUT2D eigenvalue weighted by Gasteiger charge is 2.43. The normalized spacial score (nSPS) is 21.0. The lowest BCUT2D eigenvalue weighted by Crippen LogP contribution is -2.63. The first-order valence-corrected chi connectivity index (χ1v) is 13.9. The second kappa shape index (κ2) is 10.4. The Morgan fingerprint density at radius 2 is 1.80 bits per heavy atom. The van der Waals surface area contributed by atoms with E-state index < -0.39 is 29.5 Å². The molecule has 1 aromatic carbocycles. The third kappa shape index (κ3) is 5.55. The van der Waals surface area contributed by atoms with Crippen molar-refractivity contribution in [2.75, 3.05) is 19.6 Å². The average molecular weight is 586 g/mol. The van der Waals surface area contributed by atoms with Crippen LogP contribution in [0.15, 0.2) is 34.7 Å². The Morgan fingerprint density at radius 3 is 2.41 bits per heavy atom. The SMILES string of the molecule is CC(C)(C)c1cc(-c2ccc(Cl)c(F)c2)nc2cc(C(=O)N3CCN(C(=O)C4CCC(C(=O)O)O4)CC3(C)C)oc12. The topological polar surface area (TPSA) is 113 Å². The van der Waals surface area contributed by atoms with Gasteiger partial charge >= 0.3 is 5.97 Å². The van der Waals surface area contributed by atoms with Crippen LogP contribution < -0.4 is 0 Å². The van der Waals surface area contributed by atoms with E-state index in [0.29, 0.717) is 35.2 Å². The van der Waals surface area contributed by atoms with Gasteiger partial charge in [-0.2, -0.15) is 0 Å². The molecule has 0 radical (unpaired) electrons. The molecule has 5 rings (SSSR count). The number of hydrogen-bond donors (Lipinski definition) is 1. The van der Waals surface area contributed by atoms with Crippen molar-refractivity contribution >= 4 is 40.5 Å². The van der Waals surface area contributed by atoms with Crippen LogP contribution in [0.2, 0.25) is 5.02 Å². The number of carbonyl (C=O) groups is 3. The number of hydrogen-bond acceptors (Lipinski definition) is 6. The lowest BCUT2D eigenvalue weighted by Gasteiger charge is -2.47. The minimum absolute atomic E-state index is 0.0201. The number of benzene rings is 1. The molecule has 41 heavy (non-hydrogen) atoms. The molecule has 4 heterocycles. The van der Waals surface area contributed by atoms with Crippen LogP contribution in [0.25, 0.3) is 22.4 Å². The summed E-state index contributed by atoms with van der Waals surface area (Å²) in [5, 5.41) is 9.21. The smallest absolute Gasteiger partial charge is 0.332 e. The lowest BCUT2D eigenvalue weighted by atomic mass is 9.86. The summed E-state index contributed by atoms with van der Waals surface area (Å²) in [6, 6.07) is 7.96. The van der Waals surface area contributed by atoms with E-state index in [2.05, 4.69) is 4.98 Å². The van der Waals surface area contributed by atoms with E-state index in [1.807, 2.05) is 40.7 Å². The summed E-state index contributed by atoms with van der Waals surface area (Å²) in [6.07, 6.45) is -1.13. The van der Waals surface area contributed by atoms with E-state index in [-0.39, 0.29) is 47.6 Å². The zero-order valence-electron chi connectivity index (χ0n) is 23.7. The number of nitrogens with zero attached hydrogens (tertiary/aromatic N) is 3. The van der Waals surface area contributed by atoms with Crippen LogP contribution >= 0.6 is 11.6 Å². The molecule has 2 aliphatic rings. The number of aliphatic carboxylic acids is 1. The first kappa shape index (κ1) is 29.0. The molecule has 3 aromatic rings. The molecule has 11 heteroatoms. The van der Waals surface area contributed by atoms with E-state index in [1.54, 1.807) is 21.9 Å². The zero-order chi connectivity index (χ0) is 29.9. The molecule has 2 aromatic heterocycles. The molecule has 9 nitrogen and oxygen atoms in total. The molecule has 0 bridgehead atoms. The maximum Gasteiger partial charge on any atom is 0.332 e. The van der Waals surface area contributed by atoms with E-state index in [1.165, 1.54) is 12.1 Å². The number of fused-ring (bicyclic) bond motifs is 1. The van der Waals surface area contributed by atoms with Gasteiger partial charge in [0.05, 0.1) is 16.3 Å². The number of aromatic nitrogens is 1. The largest absolute Gasteiger partial charge is 0.479 e. The molecule has 2 saturated heterocycles. The molecule has 2 unspecified atom stereocenters. The Morgan fingerprint density at radius 1 is 1.10 bits per heavy atom. The second-order valence-corrected chi connectivity index (χ2v) is 12.7. The standard InChI is InChI=1S/C30H33ClFN3O6/c1-29(2,3)17-13-20(16-6-7-18(31)19(32)12-16)33-21-14-24(41-25(17)21)27(37)35-11-10-34(15-30(35,4)5)26(36)22-8-9-23(40-22)28(38)39/h6-7,12-14,22-23H,8-11,15H2,1-5H3,(H,38,39). The first-order chi connectivity index (χ1) is 19.2. The van der Waals surface area contributed by atoms with Gasteiger partial charge in [0.2, 0.25) is 0 Å². The van der Waals surface area contributed by atoms with Gasteiger partial charge in [0.25, 0.3) is 11.8 Å². The summed E-state index contributed by atoms with van der Waals surface area (Å²) < 4.78 is 25.8. The molecular formula is C30H33ClFN3O6. The Labute approximate surface area is 242 Å². The Balaban J connectivity index is 1.41. The number of piperazine rings is 1. The highest BCUT2D eigenvalue weighted by Crippen LogP contribution is 2.36. The summed E-state index contributed by atoms with van der Waals surface area (Å²) in [7, 11) is 0. The van der Waals surface area contributed by atoms with E-state index >= 15 is 0 Å². The van der Waals surface area contributed by atoms with Gasteiger partial charge in [-0.05, 0) is 50.3 Å². The molecular weight excluding hydrogens is 553 g/mol. The summed E-state index contributed by atoms with van der Waals surface area (Å²) in [6.45, 7) is 10.6. The predicted molar refractivity (Wildman–Crippen MR) is 150 cm³/mol. The molecule has 0 spiro atoms. The second-order valence-electron chi connectivity index (χ2n) is 12.3. The molecule has 218 valence electrons. The Hall–Kier alpha value is -3.50. The highest BCUT2D eigenvalue weighted by molar-refractivity contribution is 6.30. The number of carboxylic acids is 1. The van der Waals surface area contributed by atoms with Gasteiger partial charge < -0.3 is 24.1 Å². The quantitative estimate of drug-likeness (QED) is 0.443. The van der Waals surface area contributed by atoms with Crippen LogP contribution in [-0.4, -0.2) is 75.1 Å². The fraction of sp³-hybridized carbons (Fsp3) is 0.467. The Kier molecular flexibility index (Phi) is 7.36. The van der Waals surface area contributed by atoms with E-state index in [0.717, 1.165) is 5.56 Å². The third-order valence-electron chi connectivity index (χ3n) is 7.74. The minimum Gasteiger partial charge on any atom is -0.479 e. The number of amides is 2. The van der Waals surface area contributed by atoms with Crippen LogP contribution in [0.1, 0.15) is 63.6 Å². The van der Waals surface area contributed by atoms with Crippen molar-refractivity contribution < 1.29 is 33.0 Å². The third-order valence-corrected chi connectivity index (χ3v) is 8.05. The number of halogens is 2. The maximum absolute atomic E-state index is 14.2. The van der Waals surface area contributed by atoms with Crippen molar-refractivity contribution in [3.8, 4) is 11.3 Å². The van der Waals surface area contributed by atoms with Gasteiger partial charge in [0.1, 0.15) is 17.4 Å². The summed E-state index contributed by atoms with van der Waals surface area (Å²) in [5.41, 5.74) is 1.76. The van der Waals surface area contributed by atoms with Gasteiger partial charge in [0, 0.05) is 36.8 Å². The van der Waals surface area contributed by atoms with Crippen LogP contribution in [0, 0.1) is 5.82 Å². The molecule has 2 amide bonds. The number of carbonyl (C=O) groups excluding carboxylic acids is 2. The molecule has 2 aliphatic heterocycles. The fourth-order valence-corrected chi connectivity index (χ4v) is 5.66. The Bertz CT molecular complexity index is 1540. The van der Waals surface area contributed by atoms with E-state index in [4.69, 9.17) is 20.8 Å². The monoisotopic (exact) mass is 585 g/mol. The number of pyridine rings is 1. The summed E-state index contributed by atoms with van der Waals surface area (Å²) in [5.74, 6) is -2.09. The van der Waals surface area contributed by atoms with Gasteiger partial charge in [-0.3, -0.25) is 9.59 Å². The fourth-order valence-electron chi connectivity index (χ4n) is 5.54. The first-order valence-electron chi connectivity index (χ1n) is 13.6. The van der Waals surface area contributed by atoms with Gasteiger partial charge in [0.15, 0.2) is 17.4 Å². The van der Waals surface area contributed by atoms with Crippen molar-refractivity contribution in [2.24, 2.45) is 0 Å². The molecule has 2 atom stereocenters. The van der Waals surface area contributed by atoms with Crippen molar-refractivity contribution in [3.63, 3.8) is 0 Å². The number of rotatable bonds is 4. The summed E-state index contributed by atoms with van der Waals surface area (Å²) >= 11 is 5.88. The zero-order valence-corrected chi connectivity index (χ0v) is 24.4. The molecule has 2 fully saturated rings. The lowest BCUT2D eigenvalue weighted by molar-refractivity contribution is -0.156. The van der Waals surface area contributed by atoms with Gasteiger partial charge in [-0.1, -0.05) is 38.4 Å². The predicted octanol–water partition coefficient (Wildman–Crippen LogP) is 5.28. The number of carboxylic acid groups (broad SMARTS) is 1. The average Bonchev–Trinajstić information content (AvgIpc) is 3.55.